The molecule has 2 aromatic rings. The van der Waals surface area contributed by atoms with Crippen LogP contribution in [0.3, 0.4) is 0 Å². The highest BCUT2D eigenvalue weighted by Gasteiger charge is 2.20. The van der Waals surface area contributed by atoms with Crippen LogP contribution in [0.2, 0.25) is 0 Å². The molecule has 0 fully saturated rings. The SMILES string of the molecule is Cc1cc(C(C)(C)O)nn1-c1ccc(CN)cc1. The topological polar surface area (TPSA) is 64.1 Å². The Morgan fingerprint density at radius 2 is 1.89 bits per heavy atom. The van der Waals surface area contributed by atoms with Crippen LogP contribution in [-0.2, 0) is 12.1 Å². The fourth-order valence-electron chi connectivity index (χ4n) is 1.81. The van der Waals surface area contributed by atoms with Crippen molar-refractivity contribution in [1.29, 1.82) is 0 Å². The largest absolute Gasteiger partial charge is 0.384 e. The summed E-state index contributed by atoms with van der Waals surface area (Å²) in [6.45, 7) is 5.97. The summed E-state index contributed by atoms with van der Waals surface area (Å²) in [5.74, 6) is 0. The Labute approximate surface area is 107 Å². The van der Waals surface area contributed by atoms with E-state index in [1.54, 1.807) is 13.8 Å². The molecule has 96 valence electrons. The number of aromatic nitrogens is 2. The minimum Gasteiger partial charge on any atom is -0.384 e. The van der Waals surface area contributed by atoms with E-state index < -0.39 is 5.60 Å². The third kappa shape index (κ3) is 2.44. The Morgan fingerprint density at radius 1 is 1.28 bits per heavy atom. The van der Waals surface area contributed by atoms with Crippen molar-refractivity contribution in [2.75, 3.05) is 0 Å². The number of nitrogens with zero attached hydrogens (tertiary/aromatic N) is 2. The van der Waals surface area contributed by atoms with Gasteiger partial charge >= 0.3 is 0 Å². The first-order valence-corrected chi connectivity index (χ1v) is 6.00. The van der Waals surface area contributed by atoms with Gasteiger partial charge in [0.15, 0.2) is 0 Å². The standard InChI is InChI=1S/C14H19N3O/c1-10-8-13(14(2,3)18)16-17(10)12-6-4-11(9-15)5-7-12/h4-8,18H,9,15H2,1-3H3. The van der Waals surface area contributed by atoms with E-state index in [1.807, 2.05) is 41.9 Å². The van der Waals surface area contributed by atoms with Crippen molar-refractivity contribution in [3.63, 3.8) is 0 Å². The molecule has 0 atom stereocenters. The fourth-order valence-corrected chi connectivity index (χ4v) is 1.81. The van der Waals surface area contributed by atoms with E-state index in [1.165, 1.54) is 0 Å². The molecular weight excluding hydrogens is 226 g/mol. The minimum atomic E-state index is -0.923. The first-order valence-electron chi connectivity index (χ1n) is 6.00. The monoisotopic (exact) mass is 245 g/mol. The van der Waals surface area contributed by atoms with Gasteiger partial charge in [0.1, 0.15) is 5.60 Å². The molecule has 1 heterocycles. The lowest BCUT2D eigenvalue weighted by molar-refractivity contribution is 0.0734. The van der Waals surface area contributed by atoms with Crippen molar-refractivity contribution in [3.8, 4) is 5.69 Å². The molecule has 0 spiro atoms. The van der Waals surface area contributed by atoms with Crippen LogP contribution in [0.5, 0.6) is 0 Å². The molecule has 0 bridgehead atoms. The predicted octanol–water partition coefficient (Wildman–Crippen LogP) is 1.87. The van der Waals surface area contributed by atoms with Crippen molar-refractivity contribution >= 4 is 0 Å². The predicted molar refractivity (Wildman–Crippen MR) is 71.4 cm³/mol. The van der Waals surface area contributed by atoms with Crippen LogP contribution >= 0.6 is 0 Å². The number of aryl methyl sites for hydroxylation is 1. The van der Waals surface area contributed by atoms with Gasteiger partial charge in [-0.2, -0.15) is 5.10 Å². The summed E-state index contributed by atoms with van der Waals surface area (Å²) >= 11 is 0. The van der Waals surface area contributed by atoms with Crippen LogP contribution in [-0.4, -0.2) is 14.9 Å². The summed E-state index contributed by atoms with van der Waals surface area (Å²) in [4.78, 5) is 0. The molecule has 0 saturated carbocycles. The van der Waals surface area contributed by atoms with Crippen LogP contribution in [0.15, 0.2) is 30.3 Å². The normalized spacial score (nSPS) is 11.8. The van der Waals surface area contributed by atoms with Crippen LogP contribution in [0, 0.1) is 6.92 Å². The molecule has 18 heavy (non-hydrogen) atoms. The molecule has 0 radical (unpaired) electrons. The van der Waals surface area contributed by atoms with Gasteiger partial charge in [-0.3, -0.25) is 0 Å². The Bertz CT molecular complexity index is 535. The zero-order chi connectivity index (χ0) is 13.3. The average molecular weight is 245 g/mol. The molecule has 4 heteroatoms. The molecule has 0 amide bonds. The average Bonchev–Trinajstić information content (AvgIpc) is 2.71. The van der Waals surface area contributed by atoms with E-state index in [-0.39, 0.29) is 0 Å². The number of hydrogen-bond acceptors (Lipinski definition) is 3. The van der Waals surface area contributed by atoms with Gasteiger partial charge in [0.05, 0.1) is 11.4 Å². The Kier molecular flexibility index (Phi) is 3.24. The Hall–Kier alpha value is -1.65. The van der Waals surface area contributed by atoms with E-state index in [2.05, 4.69) is 5.10 Å². The Balaban J connectivity index is 2.41. The van der Waals surface area contributed by atoms with Crippen LogP contribution < -0.4 is 5.73 Å². The highest BCUT2D eigenvalue weighted by molar-refractivity contribution is 5.36. The molecule has 1 aromatic heterocycles. The van der Waals surface area contributed by atoms with Gasteiger partial charge in [0.25, 0.3) is 0 Å². The lowest BCUT2D eigenvalue weighted by atomic mass is 10.1. The quantitative estimate of drug-likeness (QED) is 0.867. The number of rotatable bonds is 3. The third-order valence-electron chi connectivity index (χ3n) is 2.93. The smallest absolute Gasteiger partial charge is 0.103 e. The van der Waals surface area contributed by atoms with Crippen LogP contribution in [0.25, 0.3) is 5.69 Å². The van der Waals surface area contributed by atoms with Gasteiger partial charge < -0.3 is 10.8 Å². The molecule has 2 rings (SSSR count). The number of aliphatic hydroxyl groups is 1. The molecule has 3 N–H and O–H groups in total. The zero-order valence-corrected chi connectivity index (χ0v) is 11.0. The number of benzene rings is 1. The Morgan fingerprint density at radius 3 is 2.33 bits per heavy atom. The minimum absolute atomic E-state index is 0.535. The third-order valence-corrected chi connectivity index (χ3v) is 2.93. The molecule has 0 unspecified atom stereocenters. The van der Waals surface area contributed by atoms with Gasteiger partial charge in [0, 0.05) is 12.2 Å². The van der Waals surface area contributed by atoms with E-state index in [4.69, 9.17) is 5.73 Å². The maximum atomic E-state index is 9.96. The first-order chi connectivity index (χ1) is 8.41. The van der Waals surface area contributed by atoms with Crippen molar-refractivity contribution in [2.24, 2.45) is 5.73 Å². The number of hydrogen-bond donors (Lipinski definition) is 2. The van der Waals surface area contributed by atoms with E-state index in [9.17, 15) is 5.11 Å². The molecule has 4 nitrogen and oxygen atoms in total. The van der Waals surface area contributed by atoms with Gasteiger partial charge in [-0.05, 0) is 44.5 Å². The van der Waals surface area contributed by atoms with E-state index >= 15 is 0 Å². The highest BCUT2D eigenvalue weighted by atomic mass is 16.3. The molecule has 1 aromatic carbocycles. The summed E-state index contributed by atoms with van der Waals surface area (Å²) in [5, 5.41) is 14.4. The van der Waals surface area contributed by atoms with Gasteiger partial charge in [-0.25, -0.2) is 4.68 Å². The van der Waals surface area contributed by atoms with Crippen molar-refractivity contribution in [2.45, 2.75) is 32.9 Å². The van der Waals surface area contributed by atoms with E-state index in [0.29, 0.717) is 12.2 Å². The molecule has 0 aliphatic carbocycles. The summed E-state index contributed by atoms with van der Waals surface area (Å²) in [6.07, 6.45) is 0. The van der Waals surface area contributed by atoms with Crippen molar-refractivity contribution in [3.05, 3.63) is 47.3 Å². The van der Waals surface area contributed by atoms with Gasteiger partial charge in [-0.15, -0.1) is 0 Å². The van der Waals surface area contributed by atoms with Crippen LogP contribution in [0.1, 0.15) is 30.8 Å². The lowest BCUT2D eigenvalue weighted by Gasteiger charge is -2.13. The summed E-state index contributed by atoms with van der Waals surface area (Å²) in [7, 11) is 0. The van der Waals surface area contributed by atoms with Crippen molar-refractivity contribution < 1.29 is 5.11 Å². The highest BCUT2D eigenvalue weighted by Crippen LogP contribution is 2.21. The second kappa shape index (κ2) is 4.55. The lowest BCUT2D eigenvalue weighted by Crippen LogP contribution is -2.16. The fraction of sp³-hybridized carbons (Fsp3) is 0.357. The molecular formula is C14H19N3O. The summed E-state index contributed by atoms with van der Waals surface area (Å²) < 4.78 is 1.83. The molecule has 0 aliphatic heterocycles. The van der Waals surface area contributed by atoms with Crippen LogP contribution in [0.4, 0.5) is 0 Å². The second-order valence-corrected chi connectivity index (χ2v) is 5.01. The van der Waals surface area contributed by atoms with Gasteiger partial charge in [0.2, 0.25) is 0 Å². The maximum absolute atomic E-state index is 9.96. The van der Waals surface area contributed by atoms with Gasteiger partial charge in [-0.1, -0.05) is 12.1 Å². The molecule has 0 aliphatic rings. The summed E-state index contributed by atoms with van der Waals surface area (Å²) in [5.41, 5.74) is 8.37. The zero-order valence-electron chi connectivity index (χ0n) is 11.0. The van der Waals surface area contributed by atoms with Crippen molar-refractivity contribution in [1.82, 2.24) is 9.78 Å². The number of nitrogens with two attached hydrogens (primary N) is 1. The van der Waals surface area contributed by atoms with E-state index in [0.717, 1.165) is 16.9 Å². The second-order valence-electron chi connectivity index (χ2n) is 5.01. The first kappa shape index (κ1) is 12.8. The maximum Gasteiger partial charge on any atom is 0.103 e. The molecule has 0 saturated heterocycles. The summed E-state index contributed by atoms with van der Waals surface area (Å²) in [6, 6.07) is 9.84.